The number of hydrogen-bond acceptors (Lipinski definition) is 7. The number of benzene rings is 2. The summed E-state index contributed by atoms with van der Waals surface area (Å²) in [6, 6.07) is 10.0. The van der Waals surface area contributed by atoms with Gasteiger partial charge in [-0.15, -0.1) is 11.3 Å². The van der Waals surface area contributed by atoms with Crippen LogP contribution in [-0.2, 0) is 10.0 Å². The molecule has 0 fully saturated rings. The number of fused-ring (bicyclic) bond motifs is 3. The molecule has 3 N–H and O–H groups in total. The first-order valence-corrected chi connectivity index (χ1v) is 9.32. The Morgan fingerprint density at radius 3 is 2.83 bits per heavy atom. The lowest BCUT2D eigenvalue weighted by atomic mass is 10.2. The first-order valence-electron chi connectivity index (χ1n) is 6.89. The van der Waals surface area contributed by atoms with Gasteiger partial charge in [-0.2, -0.15) is 0 Å². The molecule has 0 atom stereocenters. The molecule has 4 aromatic rings. The zero-order valence-corrected chi connectivity index (χ0v) is 13.8. The Hall–Kier alpha value is -2.62. The van der Waals surface area contributed by atoms with Gasteiger partial charge in [-0.3, -0.25) is 0 Å². The van der Waals surface area contributed by atoms with Gasteiger partial charge in [0.25, 0.3) is 0 Å². The molecule has 0 unspecified atom stereocenters. The smallest absolute Gasteiger partial charge is 0.238 e. The summed E-state index contributed by atoms with van der Waals surface area (Å²) in [5.74, 6) is 0.370. The molecule has 0 spiro atoms. The molecule has 0 aliphatic carbocycles. The van der Waals surface area contributed by atoms with Crippen molar-refractivity contribution in [2.45, 2.75) is 4.90 Å². The zero-order chi connectivity index (χ0) is 16.7. The molecule has 4 rings (SSSR count). The van der Waals surface area contributed by atoms with Crippen molar-refractivity contribution in [2.24, 2.45) is 5.14 Å². The average molecular weight is 357 g/mol. The van der Waals surface area contributed by atoms with E-state index in [0.29, 0.717) is 11.6 Å². The summed E-state index contributed by atoms with van der Waals surface area (Å²) in [7, 11) is -3.76. The third kappa shape index (κ3) is 2.68. The highest BCUT2D eigenvalue weighted by atomic mass is 32.2. The van der Waals surface area contributed by atoms with Crippen LogP contribution in [0, 0.1) is 0 Å². The van der Waals surface area contributed by atoms with Crippen molar-refractivity contribution < 1.29 is 8.42 Å². The van der Waals surface area contributed by atoms with Gasteiger partial charge in [0.05, 0.1) is 26.1 Å². The summed E-state index contributed by atoms with van der Waals surface area (Å²) in [5, 5.41) is 9.07. The molecule has 7 nitrogen and oxygen atoms in total. The number of nitrogens with two attached hydrogens (primary N) is 1. The van der Waals surface area contributed by atoms with Crippen LogP contribution >= 0.6 is 11.3 Å². The number of nitrogens with one attached hydrogen (secondary N) is 1. The topological polar surface area (TPSA) is 111 Å². The van der Waals surface area contributed by atoms with Crippen molar-refractivity contribution in [1.82, 2.24) is 15.0 Å². The van der Waals surface area contributed by atoms with Gasteiger partial charge in [0.2, 0.25) is 16.0 Å². The van der Waals surface area contributed by atoms with Gasteiger partial charge in [0, 0.05) is 17.3 Å². The molecular weight excluding hydrogens is 346 g/mol. The second-order valence-corrected chi connectivity index (χ2v) is 7.51. The number of anilines is 2. The standard InChI is InChI=1S/C15H11N5O2S2/c16-24(21,22)11-3-1-2-10(6-11)19-15-17-7-9-4-5-12-14(13(9)20-15)23-8-18-12/h1-8H,(H2,16,21,22)(H,17,19,20). The van der Waals surface area contributed by atoms with E-state index in [1.54, 1.807) is 23.8 Å². The van der Waals surface area contributed by atoms with Crippen molar-refractivity contribution in [3.05, 3.63) is 48.1 Å². The maximum atomic E-state index is 11.4. The molecule has 0 aliphatic rings. The maximum Gasteiger partial charge on any atom is 0.238 e. The van der Waals surface area contributed by atoms with E-state index in [1.807, 2.05) is 12.1 Å². The molecule has 0 bridgehead atoms. The predicted octanol–water partition coefficient (Wildman–Crippen LogP) is 2.63. The minimum absolute atomic E-state index is 0.0261. The summed E-state index contributed by atoms with van der Waals surface area (Å²) in [6.45, 7) is 0. The van der Waals surface area contributed by atoms with E-state index < -0.39 is 10.0 Å². The number of aromatic nitrogens is 3. The molecule has 0 saturated heterocycles. The molecule has 0 aliphatic heterocycles. The average Bonchev–Trinajstić information content (AvgIpc) is 3.03. The molecule has 120 valence electrons. The minimum Gasteiger partial charge on any atom is -0.324 e. The summed E-state index contributed by atoms with van der Waals surface area (Å²) in [6.07, 6.45) is 1.72. The third-order valence-corrected chi connectivity index (χ3v) is 5.23. The number of nitrogens with zero attached hydrogens (tertiary/aromatic N) is 3. The van der Waals surface area contributed by atoms with Crippen LogP contribution in [0.25, 0.3) is 21.1 Å². The van der Waals surface area contributed by atoms with Crippen LogP contribution in [0.3, 0.4) is 0 Å². The molecule has 0 radical (unpaired) electrons. The van der Waals surface area contributed by atoms with Gasteiger partial charge < -0.3 is 5.32 Å². The van der Waals surface area contributed by atoms with Crippen LogP contribution in [0.4, 0.5) is 11.6 Å². The van der Waals surface area contributed by atoms with E-state index in [2.05, 4.69) is 20.3 Å². The summed E-state index contributed by atoms with van der Waals surface area (Å²) < 4.78 is 23.9. The monoisotopic (exact) mass is 357 g/mol. The molecule has 24 heavy (non-hydrogen) atoms. The molecule has 0 saturated carbocycles. The Morgan fingerprint density at radius 1 is 1.12 bits per heavy atom. The van der Waals surface area contributed by atoms with Crippen LogP contribution in [0.5, 0.6) is 0 Å². The lowest BCUT2D eigenvalue weighted by Crippen LogP contribution is -2.12. The van der Waals surface area contributed by atoms with Gasteiger partial charge >= 0.3 is 0 Å². The number of primary sulfonamides is 1. The molecule has 2 aromatic heterocycles. The fourth-order valence-electron chi connectivity index (χ4n) is 2.35. The molecule has 0 amide bonds. The largest absolute Gasteiger partial charge is 0.324 e. The molecule has 2 aromatic carbocycles. The predicted molar refractivity (Wildman–Crippen MR) is 93.8 cm³/mol. The fraction of sp³-hybridized carbons (Fsp3) is 0. The van der Waals surface area contributed by atoms with Gasteiger partial charge in [-0.1, -0.05) is 6.07 Å². The van der Waals surface area contributed by atoms with Crippen molar-refractivity contribution in [3.63, 3.8) is 0 Å². The van der Waals surface area contributed by atoms with Crippen molar-refractivity contribution >= 4 is 54.1 Å². The van der Waals surface area contributed by atoms with Gasteiger partial charge in [0.1, 0.15) is 0 Å². The van der Waals surface area contributed by atoms with Gasteiger partial charge in [-0.25, -0.2) is 28.5 Å². The molecular formula is C15H11N5O2S2. The quantitative estimate of drug-likeness (QED) is 0.583. The Kier molecular flexibility index (Phi) is 3.41. The van der Waals surface area contributed by atoms with Gasteiger partial charge in [0.15, 0.2) is 0 Å². The molecule has 9 heteroatoms. The highest BCUT2D eigenvalue weighted by molar-refractivity contribution is 7.89. The van der Waals surface area contributed by atoms with E-state index in [-0.39, 0.29) is 4.90 Å². The highest BCUT2D eigenvalue weighted by Crippen LogP contribution is 2.27. The van der Waals surface area contributed by atoms with E-state index in [4.69, 9.17) is 5.14 Å². The molecule has 2 heterocycles. The number of rotatable bonds is 3. The first-order chi connectivity index (χ1) is 11.5. The Morgan fingerprint density at radius 2 is 2.00 bits per heavy atom. The third-order valence-electron chi connectivity index (χ3n) is 3.47. The minimum atomic E-state index is -3.76. The Labute approximate surface area is 141 Å². The van der Waals surface area contributed by atoms with Crippen LogP contribution in [-0.4, -0.2) is 23.4 Å². The maximum absolute atomic E-state index is 11.4. The highest BCUT2D eigenvalue weighted by Gasteiger charge is 2.10. The van der Waals surface area contributed by atoms with E-state index in [0.717, 1.165) is 21.1 Å². The summed E-state index contributed by atoms with van der Waals surface area (Å²) >= 11 is 1.51. The second-order valence-electron chi connectivity index (χ2n) is 5.10. The normalized spacial score (nSPS) is 11.9. The van der Waals surface area contributed by atoms with E-state index in [9.17, 15) is 8.42 Å². The van der Waals surface area contributed by atoms with Crippen molar-refractivity contribution in [1.29, 1.82) is 0 Å². The van der Waals surface area contributed by atoms with E-state index >= 15 is 0 Å². The Bertz CT molecular complexity index is 1170. The number of hydrogen-bond donors (Lipinski definition) is 2. The fourth-order valence-corrected chi connectivity index (χ4v) is 3.70. The van der Waals surface area contributed by atoms with Crippen molar-refractivity contribution in [3.8, 4) is 0 Å². The van der Waals surface area contributed by atoms with Crippen LogP contribution in [0.15, 0.2) is 53.0 Å². The lowest BCUT2D eigenvalue weighted by molar-refractivity contribution is 0.598. The summed E-state index contributed by atoms with van der Waals surface area (Å²) in [5.41, 5.74) is 4.00. The first kappa shape index (κ1) is 14.9. The number of thiazole rings is 1. The second kappa shape index (κ2) is 5.48. The number of sulfonamides is 1. The zero-order valence-electron chi connectivity index (χ0n) is 12.2. The van der Waals surface area contributed by atoms with Crippen LogP contribution < -0.4 is 10.5 Å². The van der Waals surface area contributed by atoms with Gasteiger partial charge in [-0.05, 0) is 30.3 Å². The Balaban J connectivity index is 1.77. The summed E-state index contributed by atoms with van der Waals surface area (Å²) in [4.78, 5) is 13.1. The SMILES string of the molecule is NS(=O)(=O)c1cccc(Nc2ncc3ccc4ncsc4c3n2)c1. The lowest BCUT2D eigenvalue weighted by Gasteiger charge is -2.07. The van der Waals surface area contributed by atoms with Crippen LogP contribution in [0.1, 0.15) is 0 Å². The van der Waals surface area contributed by atoms with E-state index in [1.165, 1.54) is 23.5 Å². The van der Waals surface area contributed by atoms with Crippen molar-refractivity contribution in [2.75, 3.05) is 5.32 Å². The van der Waals surface area contributed by atoms with Crippen LogP contribution in [0.2, 0.25) is 0 Å².